The van der Waals surface area contributed by atoms with E-state index in [2.05, 4.69) is 15.6 Å². The molecule has 19 heavy (non-hydrogen) atoms. The second-order valence-electron chi connectivity index (χ2n) is 4.66. The van der Waals surface area contributed by atoms with E-state index in [9.17, 15) is 9.59 Å². The molecule has 3 N–H and O–H groups in total. The lowest BCUT2D eigenvalue weighted by Gasteiger charge is -2.08. The lowest BCUT2D eigenvalue weighted by Crippen LogP contribution is -2.36. The Hall–Kier alpha value is -2.08. The number of oxazole rings is 1. The number of fused-ring (bicyclic) bond motifs is 1. The maximum Gasteiger partial charge on any atom is 0.417 e. The number of carbonyl (C=O) groups excluding carboxylic acids is 1. The van der Waals surface area contributed by atoms with Crippen molar-refractivity contribution < 1.29 is 9.21 Å². The normalized spacial score (nSPS) is 11.1. The fraction of sp³-hybridized carbons (Fsp3) is 0.385. The van der Waals surface area contributed by atoms with E-state index in [1.165, 1.54) is 0 Å². The van der Waals surface area contributed by atoms with Gasteiger partial charge in [-0.15, -0.1) is 0 Å². The zero-order valence-corrected chi connectivity index (χ0v) is 10.9. The minimum Gasteiger partial charge on any atom is -0.408 e. The molecule has 102 valence electrons. The van der Waals surface area contributed by atoms with Crippen molar-refractivity contribution in [3.63, 3.8) is 0 Å². The van der Waals surface area contributed by atoms with Crippen LogP contribution in [0, 0.1) is 0 Å². The summed E-state index contributed by atoms with van der Waals surface area (Å²) in [5.41, 5.74) is 2.06. The highest BCUT2D eigenvalue weighted by atomic mass is 16.4. The smallest absolute Gasteiger partial charge is 0.408 e. The largest absolute Gasteiger partial charge is 0.417 e. The fourth-order valence-electron chi connectivity index (χ4n) is 1.67. The first kappa shape index (κ1) is 13.4. The van der Waals surface area contributed by atoms with Crippen LogP contribution in [0.4, 0.5) is 0 Å². The topological polar surface area (TPSA) is 87.1 Å². The molecule has 0 aliphatic rings. The lowest BCUT2D eigenvalue weighted by atomic mass is 10.2. The van der Waals surface area contributed by atoms with Gasteiger partial charge in [0, 0.05) is 12.6 Å². The van der Waals surface area contributed by atoms with Crippen molar-refractivity contribution in [1.82, 2.24) is 15.6 Å². The number of nitrogens with one attached hydrogen (secondary N) is 3. The minimum atomic E-state index is -0.475. The summed E-state index contributed by atoms with van der Waals surface area (Å²) in [5.74, 6) is -0.535. The zero-order valence-electron chi connectivity index (χ0n) is 10.9. The third kappa shape index (κ3) is 3.69. The molecule has 0 radical (unpaired) electrons. The van der Waals surface area contributed by atoms with Crippen molar-refractivity contribution in [2.24, 2.45) is 0 Å². The highest BCUT2D eigenvalue weighted by Crippen LogP contribution is 2.11. The van der Waals surface area contributed by atoms with Gasteiger partial charge in [-0.1, -0.05) is 19.9 Å². The third-order valence-corrected chi connectivity index (χ3v) is 2.64. The number of hydrogen-bond donors (Lipinski definition) is 3. The minimum absolute atomic E-state index is 0.0607. The molecule has 0 spiro atoms. The zero-order chi connectivity index (χ0) is 13.8. The van der Waals surface area contributed by atoms with Crippen molar-refractivity contribution >= 4 is 17.0 Å². The van der Waals surface area contributed by atoms with Gasteiger partial charge in [0.25, 0.3) is 0 Å². The molecule has 1 aromatic carbocycles. The average Bonchev–Trinajstić information content (AvgIpc) is 2.73. The van der Waals surface area contributed by atoms with Crippen LogP contribution >= 0.6 is 0 Å². The number of aromatic amines is 1. The molecule has 0 fully saturated rings. The van der Waals surface area contributed by atoms with Gasteiger partial charge in [0.15, 0.2) is 5.58 Å². The van der Waals surface area contributed by atoms with Gasteiger partial charge in [-0.05, 0) is 17.7 Å². The number of carbonyl (C=O) groups is 1. The van der Waals surface area contributed by atoms with E-state index in [1.54, 1.807) is 12.1 Å². The Morgan fingerprint density at radius 3 is 2.95 bits per heavy atom. The number of hydrogen-bond acceptors (Lipinski definition) is 4. The van der Waals surface area contributed by atoms with E-state index in [0.29, 0.717) is 24.2 Å². The molecule has 0 aliphatic carbocycles. The number of aromatic nitrogens is 1. The molecule has 2 rings (SSSR count). The van der Waals surface area contributed by atoms with Crippen molar-refractivity contribution in [2.45, 2.75) is 26.4 Å². The predicted molar refractivity (Wildman–Crippen MR) is 71.8 cm³/mol. The van der Waals surface area contributed by atoms with E-state index in [1.807, 2.05) is 19.9 Å². The van der Waals surface area contributed by atoms with Crippen LogP contribution in [0.1, 0.15) is 19.4 Å². The van der Waals surface area contributed by atoms with E-state index in [-0.39, 0.29) is 11.9 Å². The van der Waals surface area contributed by atoms with Crippen LogP contribution in [-0.2, 0) is 11.3 Å². The highest BCUT2D eigenvalue weighted by molar-refractivity contribution is 5.78. The summed E-state index contributed by atoms with van der Waals surface area (Å²) in [6.07, 6.45) is 0. The molecule has 0 bridgehead atoms. The maximum atomic E-state index is 11.5. The van der Waals surface area contributed by atoms with E-state index in [0.717, 1.165) is 5.56 Å². The second kappa shape index (κ2) is 5.71. The molecule has 0 saturated carbocycles. The number of rotatable bonds is 5. The van der Waals surface area contributed by atoms with Crippen molar-refractivity contribution in [2.75, 3.05) is 6.54 Å². The Kier molecular flexibility index (Phi) is 4.01. The van der Waals surface area contributed by atoms with Crippen LogP contribution in [0.2, 0.25) is 0 Å². The summed E-state index contributed by atoms with van der Waals surface area (Å²) < 4.78 is 4.90. The Bertz CT molecular complexity index is 627. The van der Waals surface area contributed by atoms with E-state index >= 15 is 0 Å². The first-order valence-electron chi connectivity index (χ1n) is 6.16. The molecule has 0 aliphatic heterocycles. The average molecular weight is 263 g/mol. The SMILES string of the molecule is CC(C)NCC(=O)NCc1ccc2oc(=O)[nH]c2c1. The predicted octanol–water partition coefficient (Wildman–Crippen LogP) is 0.735. The Morgan fingerprint density at radius 1 is 1.42 bits per heavy atom. The second-order valence-corrected chi connectivity index (χ2v) is 4.66. The molecule has 6 heteroatoms. The first-order valence-corrected chi connectivity index (χ1v) is 6.16. The summed E-state index contributed by atoms with van der Waals surface area (Å²) in [6, 6.07) is 5.59. The van der Waals surface area contributed by atoms with Crippen LogP contribution in [0.3, 0.4) is 0 Å². The Labute approximate surface area is 110 Å². The number of amides is 1. The van der Waals surface area contributed by atoms with Crippen molar-refractivity contribution in [3.05, 3.63) is 34.3 Å². The highest BCUT2D eigenvalue weighted by Gasteiger charge is 2.04. The molecule has 0 saturated heterocycles. The molecule has 0 unspecified atom stereocenters. The molecule has 6 nitrogen and oxygen atoms in total. The van der Waals surface area contributed by atoms with Gasteiger partial charge < -0.3 is 15.1 Å². The van der Waals surface area contributed by atoms with Crippen LogP contribution in [0.5, 0.6) is 0 Å². The van der Waals surface area contributed by atoms with Gasteiger partial charge >= 0.3 is 5.76 Å². The van der Waals surface area contributed by atoms with Gasteiger partial charge in [0.1, 0.15) is 0 Å². The van der Waals surface area contributed by atoms with Crippen LogP contribution in [0.15, 0.2) is 27.4 Å². The van der Waals surface area contributed by atoms with Gasteiger partial charge in [0.2, 0.25) is 5.91 Å². The van der Waals surface area contributed by atoms with Crippen molar-refractivity contribution in [3.8, 4) is 0 Å². The van der Waals surface area contributed by atoms with Crippen LogP contribution < -0.4 is 16.4 Å². The summed E-state index contributed by atoms with van der Waals surface area (Å²) in [7, 11) is 0. The number of benzene rings is 1. The van der Waals surface area contributed by atoms with E-state index < -0.39 is 5.76 Å². The maximum absolute atomic E-state index is 11.5. The standard InChI is InChI=1S/C13H17N3O3/c1-8(2)14-7-12(17)15-6-9-3-4-11-10(5-9)16-13(18)19-11/h3-5,8,14H,6-7H2,1-2H3,(H,15,17)(H,16,18). The molecule has 2 aromatic rings. The Balaban J connectivity index is 1.94. The molecule has 1 heterocycles. The first-order chi connectivity index (χ1) is 9.04. The number of H-pyrrole nitrogens is 1. The van der Waals surface area contributed by atoms with Gasteiger partial charge in [-0.25, -0.2) is 4.79 Å². The Morgan fingerprint density at radius 2 is 2.21 bits per heavy atom. The lowest BCUT2D eigenvalue weighted by molar-refractivity contribution is -0.120. The van der Waals surface area contributed by atoms with Gasteiger partial charge in [-0.2, -0.15) is 0 Å². The molecule has 0 atom stereocenters. The molecular weight excluding hydrogens is 246 g/mol. The van der Waals surface area contributed by atoms with Crippen molar-refractivity contribution in [1.29, 1.82) is 0 Å². The van der Waals surface area contributed by atoms with Crippen LogP contribution in [0.25, 0.3) is 11.1 Å². The summed E-state index contributed by atoms with van der Waals surface area (Å²) in [6.45, 7) is 4.68. The van der Waals surface area contributed by atoms with Gasteiger partial charge in [0.05, 0.1) is 12.1 Å². The monoisotopic (exact) mass is 263 g/mol. The van der Waals surface area contributed by atoms with Gasteiger partial charge in [-0.3, -0.25) is 9.78 Å². The third-order valence-electron chi connectivity index (χ3n) is 2.64. The molecule has 1 aromatic heterocycles. The van der Waals surface area contributed by atoms with E-state index in [4.69, 9.17) is 4.42 Å². The van der Waals surface area contributed by atoms with Crippen LogP contribution in [-0.4, -0.2) is 23.5 Å². The summed E-state index contributed by atoms with van der Waals surface area (Å²) in [4.78, 5) is 25.1. The summed E-state index contributed by atoms with van der Waals surface area (Å²) in [5, 5.41) is 5.84. The molecule has 1 amide bonds. The fourth-order valence-corrected chi connectivity index (χ4v) is 1.67. The molecular formula is C13H17N3O3. The quantitative estimate of drug-likeness (QED) is 0.742. The summed E-state index contributed by atoms with van der Waals surface area (Å²) >= 11 is 0.